The van der Waals surface area contributed by atoms with Crippen LogP contribution in [0.2, 0.25) is 0 Å². The number of esters is 1. The van der Waals surface area contributed by atoms with Crippen LogP contribution in [0, 0.1) is 3.57 Å². The van der Waals surface area contributed by atoms with E-state index in [4.69, 9.17) is 4.74 Å². The number of aromatic amines is 1. The summed E-state index contributed by atoms with van der Waals surface area (Å²) in [6.45, 7) is 0.715. The van der Waals surface area contributed by atoms with Crippen molar-refractivity contribution in [1.82, 2.24) is 9.97 Å². The van der Waals surface area contributed by atoms with Gasteiger partial charge in [0.25, 0.3) is 5.56 Å². The van der Waals surface area contributed by atoms with Gasteiger partial charge in [-0.2, -0.15) is 0 Å². The van der Waals surface area contributed by atoms with Crippen LogP contribution in [0.1, 0.15) is 19.3 Å². The van der Waals surface area contributed by atoms with E-state index in [2.05, 4.69) is 9.97 Å². The number of rotatable bonds is 2. The molecule has 0 bridgehead atoms. The lowest BCUT2D eigenvalue weighted by atomic mass is 10.0. The number of carbonyl (C=O) groups is 1. The predicted molar refractivity (Wildman–Crippen MR) is 74.6 cm³/mol. The van der Waals surface area contributed by atoms with E-state index in [9.17, 15) is 9.59 Å². The molecule has 0 aromatic carbocycles. The number of hydrogen-bond acceptors (Lipinski definition) is 5. The van der Waals surface area contributed by atoms with Gasteiger partial charge < -0.3 is 14.6 Å². The van der Waals surface area contributed by atoms with E-state index in [0.29, 0.717) is 15.9 Å². The van der Waals surface area contributed by atoms with E-state index in [1.54, 1.807) is 0 Å². The number of hydrogen-bond donors (Lipinski definition) is 1. The number of anilines is 1. The van der Waals surface area contributed by atoms with Gasteiger partial charge in [0.2, 0.25) is 0 Å². The van der Waals surface area contributed by atoms with Crippen LogP contribution >= 0.6 is 22.6 Å². The van der Waals surface area contributed by atoms with Crippen molar-refractivity contribution < 1.29 is 9.53 Å². The first-order valence-electron chi connectivity index (χ1n) is 5.73. The zero-order valence-corrected chi connectivity index (χ0v) is 12.1. The van der Waals surface area contributed by atoms with E-state index >= 15 is 0 Å². The number of aromatic nitrogens is 2. The zero-order valence-electron chi connectivity index (χ0n) is 9.98. The van der Waals surface area contributed by atoms with E-state index in [1.165, 1.54) is 13.4 Å². The van der Waals surface area contributed by atoms with Crippen molar-refractivity contribution in [3.05, 3.63) is 20.3 Å². The Balaban J connectivity index is 2.37. The van der Waals surface area contributed by atoms with Crippen LogP contribution < -0.4 is 10.5 Å². The van der Waals surface area contributed by atoms with Gasteiger partial charge in [-0.1, -0.05) is 0 Å². The largest absolute Gasteiger partial charge is 0.467 e. The lowest BCUT2D eigenvalue weighted by Crippen LogP contribution is -2.46. The SMILES string of the molecule is COC(=O)C1CCCCN1c1nc[nH]c(=O)c1I. The highest BCUT2D eigenvalue weighted by Gasteiger charge is 2.31. The third-order valence-electron chi connectivity index (χ3n) is 3.03. The third-order valence-corrected chi connectivity index (χ3v) is 4.00. The Morgan fingerprint density at radius 2 is 2.39 bits per heavy atom. The maximum absolute atomic E-state index is 11.8. The van der Waals surface area contributed by atoms with E-state index in [1.807, 2.05) is 27.5 Å². The molecule has 1 unspecified atom stereocenters. The normalized spacial score (nSPS) is 19.7. The molecule has 1 atom stereocenters. The number of H-pyrrole nitrogens is 1. The molecule has 1 aliphatic rings. The van der Waals surface area contributed by atoms with Gasteiger partial charge in [0, 0.05) is 6.54 Å². The fourth-order valence-corrected chi connectivity index (χ4v) is 2.74. The smallest absolute Gasteiger partial charge is 0.328 e. The molecule has 2 rings (SSSR count). The average molecular weight is 363 g/mol. The zero-order chi connectivity index (χ0) is 13.1. The lowest BCUT2D eigenvalue weighted by molar-refractivity contribution is -0.142. The van der Waals surface area contributed by atoms with E-state index in [0.717, 1.165) is 19.3 Å². The molecule has 1 aromatic rings. The van der Waals surface area contributed by atoms with Gasteiger partial charge >= 0.3 is 5.97 Å². The van der Waals surface area contributed by atoms with Gasteiger partial charge in [-0.3, -0.25) is 4.79 Å². The van der Waals surface area contributed by atoms with Crippen LogP contribution in [0.15, 0.2) is 11.1 Å². The summed E-state index contributed by atoms with van der Waals surface area (Å²) >= 11 is 1.95. The molecular weight excluding hydrogens is 349 g/mol. The first-order chi connectivity index (χ1) is 8.65. The van der Waals surface area contributed by atoms with Crippen molar-refractivity contribution in [2.45, 2.75) is 25.3 Å². The second-order valence-electron chi connectivity index (χ2n) is 4.10. The minimum atomic E-state index is -0.341. The highest BCUT2D eigenvalue weighted by Crippen LogP contribution is 2.25. The summed E-state index contributed by atoms with van der Waals surface area (Å²) in [6.07, 6.45) is 4.06. The Morgan fingerprint density at radius 1 is 1.61 bits per heavy atom. The van der Waals surface area contributed by atoms with Crippen molar-refractivity contribution in [2.24, 2.45) is 0 Å². The number of nitrogens with one attached hydrogen (secondary N) is 1. The minimum Gasteiger partial charge on any atom is -0.467 e. The van der Waals surface area contributed by atoms with Crippen molar-refractivity contribution in [2.75, 3.05) is 18.6 Å². The van der Waals surface area contributed by atoms with Gasteiger partial charge in [0.15, 0.2) is 0 Å². The molecule has 0 saturated carbocycles. The van der Waals surface area contributed by atoms with Crippen molar-refractivity contribution in [1.29, 1.82) is 0 Å². The van der Waals surface area contributed by atoms with Gasteiger partial charge in [-0.15, -0.1) is 0 Å². The summed E-state index contributed by atoms with van der Waals surface area (Å²) in [5.41, 5.74) is -0.185. The van der Waals surface area contributed by atoms with Crippen molar-refractivity contribution >= 4 is 34.4 Å². The summed E-state index contributed by atoms with van der Waals surface area (Å²) in [4.78, 5) is 31.9. The van der Waals surface area contributed by atoms with Crippen molar-refractivity contribution in [3.63, 3.8) is 0 Å². The Kier molecular flexibility index (Phi) is 4.20. The number of ether oxygens (including phenoxy) is 1. The molecule has 2 heterocycles. The molecule has 7 heteroatoms. The standard InChI is InChI=1S/C11H14IN3O3/c1-18-11(17)7-4-2-3-5-15(7)9-8(12)10(16)14-6-13-9/h6-7H,2-5H2,1H3,(H,13,14,16). The molecule has 0 aliphatic carbocycles. The molecule has 6 nitrogen and oxygen atoms in total. The summed E-state index contributed by atoms with van der Waals surface area (Å²) in [5, 5.41) is 0. The molecule has 1 saturated heterocycles. The summed E-state index contributed by atoms with van der Waals surface area (Å²) < 4.78 is 5.32. The molecule has 0 amide bonds. The second kappa shape index (κ2) is 5.68. The van der Waals surface area contributed by atoms with Gasteiger partial charge in [0.1, 0.15) is 15.4 Å². The average Bonchev–Trinajstić information content (AvgIpc) is 2.41. The molecule has 1 N–H and O–H groups in total. The summed E-state index contributed by atoms with van der Waals surface area (Å²) in [7, 11) is 1.38. The molecular formula is C11H14IN3O3. The Bertz CT molecular complexity index is 503. The summed E-state index contributed by atoms with van der Waals surface area (Å²) in [6, 6.07) is -0.341. The number of nitrogens with zero attached hydrogens (tertiary/aromatic N) is 2. The molecule has 1 fully saturated rings. The van der Waals surface area contributed by atoms with Crippen LogP contribution in [0.5, 0.6) is 0 Å². The molecule has 98 valence electrons. The lowest BCUT2D eigenvalue weighted by Gasteiger charge is -2.34. The first-order valence-corrected chi connectivity index (χ1v) is 6.80. The molecule has 1 aromatic heterocycles. The quantitative estimate of drug-likeness (QED) is 0.625. The van der Waals surface area contributed by atoms with Gasteiger partial charge in [0.05, 0.1) is 13.4 Å². The first kappa shape index (κ1) is 13.3. The van der Waals surface area contributed by atoms with Crippen molar-refractivity contribution in [3.8, 4) is 0 Å². The maximum Gasteiger partial charge on any atom is 0.328 e. The van der Waals surface area contributed by atoms with Crippen LogP contribution in [-0.4, -0.2) is 35.6 Å². The second-order valence-corrected chi connectivity index (χ2v) is 5.18. The van der Waals surface area contributed by atoms with Crippen LogP contribution in [0.3, 0.4) is 0 Å². The van der Waals surface area contributed by atoms with E-state index in [-0.39, 0.29) is 17.6 Å². The minimum absolute atomic E-state index is 0.185. The summed E-state index contributed by atoms with van der Waals surface area (Å²) in [5.74, 6) is 0.294. The highest BCUT2D eigenvalue weighted by atomic mass is 127. The highest BCUT2D eigenvalue weighted by molar-refractivity contribution is 14.1. The van der Waals surface area contributed by atoms with Crippen LogP contribution in [-0.2, 0) is 9.53 Å². The number of methoxy groups -OCH3 is 1. The molecule has 1 aliphatic heterocycles. The fraction of sp³-hybridized carbons (Fsp3) is 0.545. The Morgan fingerprint density at radius 3 is 3.11 bits per heavy atom. The van der Waals surface area contributed by atoms with Gasteiger partial charge in [-0.25, -0.2) is 9.78 Å². The topological polar surface area (TPSA) is 75.3 Å². The van der Waals surface area contributed by atoms with Crippen LogP contribution in [0.25, 0.3) is 0 Å². The number of carbonyl (C=O) groups excluding carboxylic acids is 1. The van der Waals surface area contributed by atoms with E-state index < -0.39 is 0 Å². The number of halogens is 1. The Labute approximate surface area is 118 Å². The van der Waals surface area contributed by atoms with Gasteiger partial charge in [-0.05, 0) is 41.9 Å². The number of piperidine rings is 1. The molecule has 18 heavy (non-hydrogen) atoms. The molecule has 0 radical (unpaired) electrons. The van der Waals surface area contributed by atoms with Crippen LogP contribution in [0.4, 0.5) is 5.82 Å². The predicted octanol–water partition coefficient (Wildman–Crippen LogP) is 0.906. The Hall–Kier alpha value is -1.12. The monoisotopic (exact) mass is 363 g/mol. The molecule has 0 spiro atoms. The maximum atomic E-state index is 11.8. The fourth-order valence-electron chi connectivity index (χ4n) is 2.14. The third kappa shape index (κ3) is 2.50.